The van der Waals surface area contributed by atoms with Crippen LogP contribution in [0, 0.1) is 0 Å². The fourth-order valence-corrected chi connectivity index (χ4v) is 4.34. The Bertz CT molecular complexity index is 1110. The second kappa shape index (κ2) is 16.7. The van der Waals surface area contributed by atoms with Gasteiger partial charge in [-0.1, -0.05) is 42.5 Å². The van der Waals surface area contributed by atoms with E-state index in [1.807, 2.05) is 42.5 Å². The number of amides is 4. The second-order valence-corrected chi connectivity index (χ2v) is 9.62. The van der Waals surface area contributed by atoms with E-state index < -0.39 is 42.1 Å². The number of hydrogen-bond donors (Lipinski definition) is 8. The first-order valence-corrected chi connectivity index (χ1v) is 13.6. The van der Waals surface area contributed by atoms with Gasteiger partial charge in [0.2, 0.25) is 23.6 Å². The van der Waals surface area contributed by atoms with Crippen molar-refractivity contribution in [2.75, 3.05) is 12.3 Å². The number of aliphatic hydroxyl groups excluding tert-OH is 1. The SMILES string of the molecule is CC(=O)N[C@@H](CCCCN)C(=O)NC(CS)C(=O)N[C@@H](CCC(O)O)C(=O)NCc1cccc2ccccc12. The van der Waals surface area contributed by atoms with Gasteiger partial charge in [0, 0.05) is 25.6 Å². The first kappa shape index (κ1) is 32.0. The number of nitrogens with one attached hydrogen (secondary N) is 4. The van der Waals surface area contributed by atoms with Crippen molar-refractivity contribution in [1.29, 1.82) is 0 Å². The molecule has 0 aromatic heterocycles. The van der Waals surface area contributed by atoms with Gasteiger partial charge in [0.1, 0.15) is 18.1 Å². The lowest BCUT2D eigenvalue weighted by Gasteiger charge is -2.24. The minimum Gasteiger partial charge on any atom is -0.368 e. The van der Waals surface area contributed by atoms with Gasteiger partial charge in [-0.25, -0.2) is 0 Å². The molecule has 2 aromatic rings. The van der Waals surface area contributed by atoms with Crippen LogP contribution in [0.2, 0.25) is 0 Å². The number of carbonyl (C=O) groups is 4. The summed E-state index contributed by atoms with van der Waals surface area (Å²) in [4.78, 5) is 50.5. The molecule has 0 heterocycles. The van der Waals surface area contributed by atoms with Crippen molar-refractivity contribution >= 4 is 47.0 Å². The molecular weight excluding hydrogens is 522 g/mol. The molecule has 0 saturated heterocycles. The van der Waals surface area contributed by atoms with Crippen molar-refractivity contribution < 1.29 is 29.4 Å². The predicted octanol–water partition coefficient (Wildman–Crippen LogP) is 0.0800. The van der Waals surface area contributed by atoms with Crippen LogP contribution in [0.4, 0.5) is 0 Å². The van der Waals surface area contributed by atoms with Gasteiger partial charge in [0.25, 0.3) is 0 Å². The van der Waals surface area contributed by atoms with Crippen molar-refractivity contribution in [3.63, 3.8) is 0 Å². The molecule has 0 fully saturated rings. The van der Waals surface area contributed by atoms with Crippen molar-refractivity contribution in [2.24, 2.45) is 5.73 Å². The molecule has 3 atom stereocenters. The van der Waals surface area contributed by atoms with Gasteiger partial charge in [0.05, 0.1) is 0 Å². The summed E-state index contributed by atoms with van der Waals surface area (Å²) in [6.45, 7) is 1.94. The molecule has 12 heteroatoms. The highest BCUT2D eigenvalue weighted by Gasteiger charge is 2.29. The summed E-state index contributed by atoms with van der Waals surface area (Å²) in [6, 6.07) is 10.4. The van der Waals surface area contributed by atoms with E-state index in [1.54, 1.807) is 0 Å². The molecule has 0 radical (unpaired) electrons. The molecule has 0 bridgehead atoms. The fraction of sp³-hybridized carbons (Fsp3) is 0.481. The van der Waals surface area contributed by atoms with Gasteiger partial charge in [-0.15, -0.1) is 0 Å². The summed E-state index contributed by atoms with van der Waals surface area (Å²) in [6.07, 6.45) is -0.247. The van der Waals surface area contributed by atoms with E-state index in [9.17, 15) is 29.4 Å². The number of aliphatic hydroxyl groups is 2. The third-order valence-corrected chi connectivity index (χ3v) is 6.50. The first-order chi connectivity index (χ1) is 18.7. The highest BCUT2D eigenvalue weighted by atomic mass is 32.1. The van der Waals surface area contributed by atoms with Crippen LogP contribution in [0.15, 0.2) is 42.5 Å². The standard InChI is InChI=1S/C27H39N5O6S/c1-17(33)30-21(11-4-5-14-28)26(37)32-23(16-39)27(38)31-22(12-13-24(34)35)25(36)29-15-19-9-6-8-18-7-2-3-10-20(18)19/h2-3,6-10,21-24,34-35,39H,4-5,11-16,28H2,1H3,(H,29,36)(H,30,33)(H,31,38)(H,32,37)/t21-,22-,23?/m0/s1. The summed E-state index contributed by atoms with van der Waals surface area (Å²) in [5.74, 6) is -2.20. The molecular formula is C27H39N5O6S. The van der Waals surface area contributed by atoms with Crippen molar-refractivity contribution in [2.45, 2.75) is 70.0 Å². The first-order valence-electron chi connectivity index (χ1n) is 13.0. The Labute approximate surface area is 233 Å². The molecule has 4 amide bonds. The van der Waals surface area contributed by atoms with Crippen molar-refractivity contribution in [3.8, 4) is 0 Å². The molecule has 0 aliphatic rings. The lowest BCUT2D eigenvalue weighted by atomic mass is 10.0. The molecule has 11 nitrogen and oxygen atoms in total. The Hall–Kier alpha value is -3.19. The van der Waals surface area contributed by atoms with E-state index in [-0.39, 0.29) is 31.0 Å². The monoisotopic (exact) mass is 561 g/mol. The van der Waals surface area contributed by atoms with Crippen molar-refractivity contribution in [1.82, 2.24) is 21.3 Å². The van der Waals surface area contributed by atoms with Gasteiger partial charge in [-0.2, -0.15) is 12.6 Å². The van der Waals surface area contributed by atoms with Gasteiger partial charge in [0.15, 0.2) is 6.29 Å². The Kier molecular flexibility index (Phi) is 13.7. The van der Waals surface area contributed by atoms with E-state index in [1.165, 1.54) is 6.92 Å². The normalized spacial score (nSPS) is 13.4. The Morgan fingerprint density at radius 1 is 0.821 bits per heavy atom. The third-order valence-electron chi connectivity index (χ3n) is 6.14. The van der Waals surface area contributed by atoms with Crippen LogP contribution in [-0.2, 0) is 25.7 Å². The maximum absolute atomic E-state index is 13.1. The van der Waals surface area contributed by atoms with Gasteiger partial charge >= 0.3 is 0 Å². The number of fused-ring (bicyclic) bond motifs is 1. The zero-order chi connectivity index (χ0) is 28.8. The molecule has 0 aliphatic heterocycles. The number of carbonyl (C=O) groups excluding carboxylic acids is 4. The van der Waals surface area contributed by atoms with E-state index in [0.29, 0.717) is 25.8 Å². The molecule has 2 rings (SSSR count). The van der Waals surface area contributed by atoms with Crippen molar-refractivity contribution in [3.05, 3.63) is 48.0 Å². The molecule has 1 unspecified atom stereocenters. The number of unbranched alkanes of at least 4 members (excludes halogenated alkanes) is 1. The Balaban J connectivity index is 2.08. The second-order valence-electron chi connectivity index (χ2n) is 9.26. The molecule has 214 valence electrons. The zero-order valence-corrected chi connectivity index (χ0v) is 23.0. The fourth-order valence-electron chi connectivity index (χ4n) is 4.08. The smallest absolute Gasteiger partial charge is 0.244 e. The average molecular weight is 562 g/mol. The number of hydrogen-bond acceptors (Lipinski definition) is 8. The maximum atomic E-state index is 13.1. The highest BCUT2D eigenvalue weighted by molar-refractivity contribution is 7.80. The number of rotatable bonds is 16. The molecule has 2 aromatic carbocycles. The predicted molar refractivity (Wildman–Crippen MR) is 151 cm³/mol. The highest BCUT2D eigenvalue weighted by Crippen LogP contribution is 2.18. The maximum Gasteiger partial charge on any atom is 0.244 e. The zero-order valence-electron chi connectivity index (χ0n) is 22.1. The summed E-state index contributed by atoms with van der Waals surface area (Å²) in [5, 5.41) is 31.2. The van der Waals surface area contributed by atoms with E-state index >= 15 is 0 Å². The number of benzene rings is 2. The lowest BCUT2D eigenvalue weighted by Crippen LogP contribution is -2.57. The molecule has 0 saturated carbocycles. The third kappa shape index (κ3) is 10.8. The van der Waals surface area contributed by atoms with Crippen LogP contribution in [0.25, 0.3) is 10.8 Å². The van der Waals surface area contributed by atoms with E-state index in [0.717, 1.165) is 16.3 Å². The van der Waals surface area contributed by atoms with Crippen LogP contribution >= 0.6 is 12.6 Å². The minimum atomic E-state index is -1.66. The average Bonchev–Trinajstić information content (AvgIpc) is 2.91. The van der Waals surface area contributed by atoms with Crippen LogP contribution in [0.1, 0.15) is 44.6 Å². The van der Waals surface area contributed by atoms with Gasteiger partial charge in [-0.3, -0.25) is 19.2 Å². The van der Waals surface area contributed by atoms with Crippen LogP contribution in [0.3, 0.4) is 0 Å². The molecule has 0 aliphatic carbocycles. The van der Waals surface area contributed by atoms with Crippen LogP contribution in [0.5, 0.6) is 0 Å². The van der Waals surface area contributed by atoms with Crippen LogP contribution in [-0.4, -0.2) is 70.6 Å². The quantitative estimate of drug-likeness (QED) is 0.0811. The van der Waals surface area contributed by atoms with E-state index in [4.69, 9.17) is 5.73 Å². The van der Waals surface area contributed by atoms with Gasteiger partial charge in [-0.05, 0) is 48.6 Å². The van der Waals surface area contributed by atoms with Gasteiger partial charge < -0.3 is 37.2 Å². The molecule has 0 spiro atoms. The Morgan fingerprint density at radius 2 is 1.46 bits per heavy atom. The topological polar surface area (TPSA) is 183 Å². The summed E-state index contributed by atoms with van der Waals surface area (Å²) >= 11 is 4.18. The summed E-state index contributed by atoms with van der Waals surface area (Å²) in [7, 11) is 0. The lowest BCUT2D eigenvalue weighted by molar-refractivity contribution is -0.133. The minimum absolute atomic E-state index is 0.0500. The van der Waals surface area contributed by atoms with E-state index in [2.05, 4.69) is 33.9 Å². The number of nitrogens with two attached hydrogens (primary N) is 1. The largest absolute Gasteiger partial charge is 0.368 e. The Morgan fingerprint density at radius 3 is 2.13 bits per heavy atom. The summed E-state index contributed by atoms with van der Waals surface area (Å²) in [5.41, 5.74) is 6.39. The summed E-state index contributed by atoms with van der Waals surface area (Å²) < 4.78 is 0. The molecule has 39 heavy (non-hydrogen) atoms. The number of thiol groups is 1. The van der Waals surface area contributed by atoms with Crippen LogP contribution < -0.4 is 27.0 Å². The molecule has 8 N–H and O–H groups in total.